The molecule has 0 bridgehead atoms. The molecule has 0 aromatic heterocycles. The van der Waals surface area contributed by atoms with Crippen molar-refractivity contribution >= 4 is 23.9 Å². The van der Waals surface area contributed by atoms with E-state index in [0.29, 0.717) is 12.0 Å². The van der Waals surface area contributed by atoms with Crippen molar-refractivity contribution in [2.45, 2.75) is 45.1 Å². The molecule has 1 fully saturated rings. The van der Waals surface area contributed by atoms with Gasteiger partial charge in [-0.25, -0.2) is 4.79 Å². The molecular formula is C21H28N2O4. The standard InChI is InChI=1S/C21H28N2O4/c1-16(21(26)27-2)22-20(25)18-11-8-10-17(15-18)9-4-3-5-12-19(24)23-13-6-7-14-23/h4,8-11,15-16H,3,5-7,12-14H2,1-2H3,(H,22,25)/b9-4+. The zero-order chi connectivity index (χ0) is 19.6. The van der Waals surface area contributed by atoms with Crippen LogP contribution in [0.25, 0.3) is 6.08 Å². The van der Waals surface area contributed by atoms with Gasteiger partial charge in [0.05, 0.1) is 7.11 Å². The van der Waals surface area contributed by atoms with Crippen molar-refractivity contribution in [3.05, 3.63) is 41.5 Å². The van der Waals surface area contributed by atoms with E-state index in [1.807, 2.05) is 23.1 Å². The predicted octanol–water partition coefficient (Wildman–Crippen LogP) is 2.78. The number of benzene rings is 1. The van der Waals surface area contributed by atoms with Crippen LogP contribution < -0.4 is 5.32 Å². The van der Waals surface area contributed by atoms with Gasteiger partial charge in [0.2, 0.25) is 5.91 Å². The second-order valence-corrected chi connectivity index (χ2v) is 6.73. The van der Waals surface area contributed by atoms with Gasteiger partial charge < -0.3 is 15.0 Å². The molecular weight excluding hydrogens is 344 g/mol. The normalized spacial score (nSPS) is 15.0. The Balaban J connectivity index is 1.80. The highest BCUT2D eigenvalue weighted by atomic mass is 16.5. The lowest BCUT2D eigenvalue weighted by Crippen LogP contribution is -2.39. The molecule has 1 aromatic carbocycles. The van der Waals surface area contributed by atoms with Crippen molar-refractivity contribution in [3.63, 3.8) is 0 Å². The van der Waals surface area contributed by atoms with Crippen LogP contribution in [0.1, 0.15) is 54.9 Å². The van der Waals surface area contributed by atoms with Gasteiger partial charge in [-0.05, 0) is 50.3 Å². The SMILES string of the molecule is COC(=O)C(C)NC(=O)c1cccc(/C=C/CCCC(=O)N2CCCC2)c1. The van der Waals surface area contributed by atoms with Crippen LogP contribution in [0.5, 0.6) is 0 Å². The number of esters is 1. The lowest BCUT2D eigenvalue weighted by Gasteiger charge is -2.14. The first kappa shape index (κ1) is 20.7. The van der Waals surface area contributed by atoms with Crippen LogP contribution in [0, 0.1) is 0 Å². The molecule has 27 heavy (non-hydrogen) atoms. The van der Waals surface area contributed by atoms with E-state index in [0.717, 1.165) is 44.3 Å². The van der Waals surface area contributed by atoms with E-state index in [2.05, 4.69) is 10.1 Å². The maximum Gasteiger partial charge on any atom is 0.328 e. The number of ether oxygens (including phenoxy) is 1. The number of amides is 2. The van der Waals surface area contributed by atoms with Crippen LogP contribution in [0.15, 0.2) is 30.3 Å². The van der Waals surface area contributed by atoms with Gasteiger partial charge in [-0.1, -0.05) is 24.3 Å². The van der Waals surface area contributed by atoms with E-state index >= 15 is 0 Å². The minimum absolute atomic E-state index is 0.249. The Bertz CT molecular complexity index is 693. The first-order valence-electron chi connectivity index (χ1n) is 9.44. The summed E-state index contributed by atoms with van der Waals surface area (Å²) in [4.78, 5) is 37.6. The molecule has 6 heteroatoms. The molecule has 1 aliphatic rings. The molecule has 6 nitrogen and oxygen atoms in total. The molecule has 0 spiro atoms. The van der Waals surface area contributed by atoms with Gasteiger partial charge in [0.1, 0.15) is 6.04 Å². The lowest BCUT2D eigenvalue weighted by atomic mass is 10.1. The maximum absolute atomic E-state index is 12.2. The summed E-state index contributed by atoms with van der Waals surface area (Å²) >= 11 is 0. The van der Waals surface area contributed by atoms with Crippen LogP contribution in [-0.2, 0) is 14.3 Å². The molecule has 2 rings (SSSR count). The Kier molecular flexibility index (Phi) is 8.04. The summed E-state index contributed by atoms with van der Waals surface area (Å²) in [5.74, 6) is -0.554. The Hall–Kier alpha value is -2.63. The third kappa shape index (κ3) is 6.55. The fourth-order valence-corrected chi connectivity index (χ4v) is 3.01. The molecule has 0 saturated carbocycles. The van der Waals surface area contributed by atoms with Gasteiger partial charge in [0, 0.05) is 25.1 Å². The van der Waals surface area contributed by atoms with Gasteiger partial charge in [-0.2, -0.15) is 0 Å². The smallest absolute Gasteiger partial charge is 0.328 e. The minimum Gasteiger partial charge on any atom is -0.467 e. The number of methoxy groups -OCH3 is 1. The van der Waals surface area contributed by atoms with E-state index in [1.165, 1.54) is 7.11 Å². The second kappa shape index (κ2) is 10.5. The maximum atomic E-state index is 12.2. The number of hydrogen-bond donors (Lipinski definition) is 1. The number of hydrogen-bond acceptors (Lipinski definition) is 4. The molecule has 1 atom stereocenters. The number of carbonyl (C=O) groups is 3. The molecule has 0 radical (unpaired) electrons. The second-order valence-electron chi connectivity index (χ2n) is 6.73. The molecule has 146 valence electrons. The van der Waals surface area contributed by atoms with Crippen molar-refractivity contribution in [1.82, 2.24) is 10.2 Å². The highest BCUT2D eigenvalue weighted by Gasteiger charge is 2.17. The number of unbranched alkanes of at least 4 members (excludes halogenated alkanes) is 1. The monoisotopic (exact) mass is 372 g/mol. The highest BCUT2D eigenvalue weighted by Crippen LogP contribution is 2.12. The van der Waals surface area contributed by atoms with E-state index in [4.69, 9.17) is 0 Å². The van der Waals surface area contributed by atoms with Gasteiger partial charge in [0.15, 0.2) is 0 Å². The topological polar surface area (TPSA) is 75.7 Å². The van der Waals surface area contributed by atoms with E-state index < -0.39 is 12.0 Å². The van der Waals surface area contributed by atoms with Crippen LogP contribution >= 0.6 is 0 Å². The van der Waals surface area contributed by atoms with Crippen LogP contribution in [0.4, 0.5) is 0 Å². The van der Waals surface area contributed by atoms with Crippen molar-refractivity contribution in [2.75, 3.05) is 20.2 Å². The minimum atomic E-state index is -0.699. The first-order valence-corrected chi connectivity index (χ1v) is 9.44. The third-order valence-electron chi connectivity index (χ3n) is 4.58. The molecule has 0 aliphatic carbocycles. The van der Waals surface area contributed by atoms with E-state index in [-0.39, 0.29) is 11.8 Å². The van der Waals surface area contributed by atoms with Crippen molar-refractivity contribution in [3.8, 4) is 0 Å². The summed E-state index contributed by atoms with van der Waals surface area (Å²) in [7, 11) is 1.29. The third-order valence-corrected chi connectivity index (χ3v) is 4.58. The predicted molar refractivity (Wildman–Crippen MR) is 104 cm³/mol. The summed E-state index contributed by atoms with van der Waals surface area (Å²) in [6.45, 7) is 3.38. The number of carbonyl (C=O) groups excluding carboxylic acids is 3. The average Bonchev–Trinajstić information content (AvgIpc) is 3.22. The molecule has 1 aliphatic heterocycles. The Morgan fingerprint density at radius 2 is 2.00 bits per heavy atom. The van der Waals surface area contributed by atoms with Crippen LogP contribution in [-0.4, -0.2) is 48.9 Å². The highest BCUT2D eigenvalue weighted by molar-refractivity contribution is 5.97. The molecule has 1 unspecified atom stereocenters. The summed E-state index contributed by atoms with van der Waals surface area (Å²) < 4.78 is 4.61. The number of allylic oxidation sites excluding steroid dienone is 1. The average molecular weight is 372 g/mol. The fourth-order valence-electron chi connectivity index (χ4n) is 3.01. The van der Waals surface area contributed by atoms with Gasteiger partial charge >= 0.3 is 5.97 Å². The van der Waals surface area contributed by atoms with E-state index in [9.17, 15) is 14.4 Å². The Labute approximate surface area is 160 Å². The van der Waals surface area contributed by atoms with E-state index in [1.54, 1.807) is 25.1 Å². The summed E-state index contributed by atoms with van der Waals surface area (Å²) in [6, 6.07) is 6.48. The zero-order valence-corrected chi connectivity index (χ0v) is 16.1. The number of nitrogens with one attached hydrogen (secondary N) is 1. The molecule has 1 heterocycles. The number of likely N-dealkylation sites (tertiary alicyclic amines) is 1. The Morgan fingerprint density at radius 1 is 1.26 bits per heavy atom. The van der Waals surface area contributed by atoms with Crippen molar-refractivity contribution < 1.29 is 19.1 Å². The van der Waals surface area contributed by atoms with Crippen LogP contribution in [0.2, 0.25) is 0 Å². The molecule has 1 aromatic rings. The van der Waals surface area contributed by atoms with Gasteiger partial charge in [0.25, 0.3) is 5.91 Å². The molecule has 1 N–H and O–H groups in total. The van der Waals surface area contributed by atoms with Crippen molar-refractivity contribution in [2.24, 2.45) is 0 Å². The van der Waals surface area contributed by atoms with Gasteiger partial charge in [-0.3, -0.25) is 9.59 Å². The molecule has 1 saturated heterocycles. The quantitative estimate of drug-likeness (QED) is 0.562. The van der Waals surface area contributed by atoms with Crippen molar-refractivity contribution in [1.29, 1.82) is 0 Å². The first-order chi connectivity index (χ1) is 13.0. The summed E-state index contributed by atoms with van der Waals surface area (Å²) in [5, 5.41) is 2.61. The Morgan fingerprint density at radius 3 is 2.70 bits per heavy atom. The van der Waals surface area contributed by atoms with Crippen LogP contribution in [0.3, 0.4) is 0 Å². The lowest BCUT2D eigenvalue weighted by molar-refractivity contribution is -0.142. The zero-order valence-electron chi connectivity index (χ0n) is 16.1. The summed E-state index contributed by atoms with van der Waals surface area (Å²) in [5.41, 5.74) is 1.39. The largest absolute Gasteiger partial charge is 0.467 e. The number of nitrogens with zero attached hydrogens (tertiary/aromatic N) is 1. The fraction of sp³-hybridized carbons (Fsp3) is 0.476. The number of rotatable bonds is 8. The van der Waals surface area contributed by atoms with Gasteiger partial charge in [-0.15, -0.1) is 0 Å². The summed E-state index contributed by atoms with van der Waals surface area (Å²) in [6.07, 6.45) is 8.42. The molecule has 2 amide bonds.